The van der Waals surface area contributed by atoms with Gasteiger partial charge in [0.05, 0.1) is 18.4 Å². The number of hydrogen-bond donors (Lipinski definition) is 2. The van der Waals surface area contributed by atoms with Crippen molar-refractivity contribution in [2.75, 3.05) is 12.8 Å². The van der Waals surface area contributed by atoms with E-state index in [0.717, 1.165) is 0 Å². The Morgan fingerprint density at radius 1 is 1.54 bits per heavy atom. The second kappa shape index (κ2) is 3.66. The Morgan fingerprint density at radius 2 is 2.15 bits per heavy atom. The molecule has 0 radical (unpaired) electrons. The van der Waals surface area contributed by atoms with Crippen molar-refractivity contribution < 1.29 is 9.53 Å². The number of carbonyl (C=O) groups is 1. The number of nitrogens with two attached hydrogens (primary N) is 2. The molecule has 0 aliphatic heterocycles. The van der Waals surface area contributed by atoms with Crippen LogP contribution in [0.5, 0.6) is 5.75 Å². The summed E-state index contributed by atoms with van der Waals surface area (Å²) in [7, 11) is 1.44. The highest BCUT2D eigenvalue weighted by molar-refractivity contribution is 9.10. The van der Waals surface area contributed by atoms with Gasteiger partial charge in [-0.25, -0.2) is 0 Å². The molecule has 13 heavy (non-hydrogen) atoms. The number of benzene rings is 1. The maximum Gasteiger partial charge on any atom is 0.252 e. The molecule has 1 aromatic carbocycles. The molecule has 1 aromatic rings. The number of amides is 1. The minimum atomic E-state index is -0.565. The summed E-state index contributed by atoms with van der Waals surface area (Å²) >= 11 is 3.20. The maximum atomic E-state index is 11.0. The van der Waals surface area contributed by atoms with Crippen molar-refractivity contribution in [2.24, 2.45) is 5.73 Å². The third kappa shape index (κ3) is 1.92. The van der Waals surface area contributed by atoms with E-state index in [4.69, 9.17) is 16.2 Å². The van der Waals surface area contributed by atoms with Gasteiger partial charge in [-0.3, -0.25) is 4.79 Å². The molecule has 0 unspecified atom stereocenters. The second-order valence-electron chi connectivity index (χ2n) is 2.44. The molecule has 4 nitrogen and oxygen atoms in total. The van der Waals surface area contributed by atoms with Crippen LogP contribution in [0.1, 0.15) is 10.4 Å². The van der Waals surface area contributed by atoms with Gasteiger partial charge in [0.15, 0.2) is 5.75 Å². The van der Waals surface area contributed by atoms with Gasteiger partial charge in [-0.05, 0) is 12.1 Å². The first kappa shape index (κ1) is 9.85. The Labute approximate surface area is 84.0 Å². The van der Waals surface area contributed by atoms with Crippen LogP contribution >= 0.6 is 15.9 Å². The van der Waals surface area contributed by atoms with Gasteiger partial charge in [0.2, 0.25) is 0 Å². The van der Waals surface area contributed by atoms with E-state index in [1.807, 2.05) is 0 Å². The van der Waals surface area contributed by atoms with E-state index in [-0.39, 0.29) is 5.56 Å². The Kier molecular flexibility index (Phi) is 2.77. The monoisotopic (exact) mass is 244 g/mol. The molecule has 0 aliphatic rings. The number of rotatable bonds is 2. The van der Waals surface area contributed by atoms with E-state index in [1.54, 1.807) is 12.1 Å². The molecular formula is C8H9BrN2O2. The van der Waals surface area contributed by atoms with Gasteiger partial charge in [-0.2, -0.15) is 0 Å². The lowest BCUT2D eigenvalue weighted by Crippen LogP contribution is -2.13. The molecule has 4 N–H and O–H groups in total. The van der Waals surface area contributed by atoms with Gasteiger partial charge in [0, 0.05) is 4.47 Å². The average Bonchev–Trinajstić information content (AvgIpc) is 2.02. The zero-order valence-corrected chi connectivity index (χ0v) is 8.59. The fourth-order valence-electron chi connectivity index (χ4n) is 1.03. The standard InChI is InChI=1S/C8H9BrN2O2/c1-13-7-5(8(11)12)2-4(9)3-6(7)10/h2-3H,10H2,1H3,(H2,11,12). The van der Waals surface area contributed by atoms with Crippen LogP contribution in [0.2, 0.25) is 0 Å². The summed E-state index contributed by atoms with van der Waals surface area (Å²) < 4.78 is 5.64. The highest BCUT2D eigenvalue weighted by atomic mass is 79.9. The number of halogens is 1. The Bertz CT molecular complexity index is 352. The first-order chi connectivity index (χ1) is 6.06. The molecule has 0 saturated carbocycles. The molecule has 1 rings (SSSR count). The van der Waals surface area contributed by atoms with E-state index in [9.17, 15) is 4.79 Å². The van der Waals surface area contributed by atoms with Crippen LogP contribution in [-0.4, -0.2) is 13.0 Å². The van der Waals surface area contributed by atoms with Crippen molar-refractivity contribution in [2.45, 2.75) is 0 Å². The maximum absolute atomic E-state index is 11.0. The number of anilines is 1. The molecule has 1 amide bonds. The highest BCUT2D eigenvalue weighted by Gasteiger charge is 2.12. The Morgan fingerprint density at radius 3 is 2.62 bits per heavy atom. The fourth-order valence-corrected chi connectivity index (χ4v) is 1.50. The Balaban J connectivity index is 3.38. The van der Waals surface area contributed by atoms with Crippen LogP contribution in [0.25, 0.3) is 0 Å². The minimum Gasteiger partial charge on any atom is -0.494 e. The smallest absolute Gasteiger partial charge is 0.252 e. The topological polar surface area (TPSA) is 78.3 Å². The number of primary amides is 1. The third-order valence-corrected chi connectivity index (χ3v) is 2.01. The number of carbonyl (C=O) groups excluding carboxylic acids is 1. The largest absolute Gasteiger partial charge is 0.494 e. The summed E-state index contributed by atoms with van der Waals surface area (Å²) in [4.78, 5) is 11.0. The SMILES string of the molecule is COc1c(N)cc(Br)cc1C(N)=O. The van der Waals surface area contributed by atoms with Crippen molar-refractivity contribution in [3.05, 3.63) is 22.2 Å². The lowest BCUT2D eigenvalue weighted by Gasteiger charge is -2.08. The summed E-state index contributed by atoms with van der Waals surface area (Å²) in [5.74, 6) is -0.249. The predicted molar refractivity (Wildman–Crippen MR) is 53.6 cm³/mol. The van der Waals surface area contributed by atoms with Crippen LogP contribution in [0.4, 0.5) is 5.69 Å². The zero-order chi connectivity index (χ0) is 10.0. The minimum absolute atomic E-state index is 0.273. The molecule has 0 aliphatic carbocycles. The van der Waals surface area contributed by atoms with Gasteiger partial charge in [0.25, 0.3) is 5.91 Å². The van der Waals surface area contributed by atoms with Gasteiger partial charge >= 0.3 is 0 Å². The summed E-state index contributed by atoms with van der Waals surface area (Å²) in [6.07, 6.45) is 0. The van der Waals surface area contributed by atoms with Crippen LogP contribution in [0.3, 0.4) is 0 Å². The summed E-state index contributed by atoms with van der Waals surface area (Å²) in [5.41, 5.74) is 11.4. The van der Waals surface area contributed by atoms with Crippen LogP contribution in [-0.2, 0) is 0 Å². The number of hydrogen-bond acceptors (Lipinski definition) is 3. The molecule has 0 atom stereocenters. The van der Waals surface area contributed by atoms with Crippen LogP contribution < -0.4 is 16.2 Å². The van der Waals surface area contributed by atoms with Gasteiger partial charge in [0.1, 0.15) is 0 Å². The molecule has 0 spiro atoms. The van der Waals surface area contributed by atoms with E-state index in [1.165, 1.54) is 7.11 Å². The van der Waals surface area contributed by atoms with Gasteiger partial charge in [-0.15, -0.1) is 0 Å². The van der Waals surface area contributed by atoms with Crippen molar-refractivity contribution in [1.82, 2.24) is 0 Å². The van der Waals surface area contributed by atoms with E-state index in [0.29, 0.717) is 15.9 Å². The second-order valence-corrected chi connectivity index (χ2v) is 3.36. The summed E-state index contributed by atoms with van der Waals surface area (Å²) in [6.45, 7) is 0. The van der Waals surface area contributed by atoms with Gasteiger partial charge in [-0.1, -0.05) is 15.9 Å². The highest BCUT2D eigenvalue weighted by Crippen LogP contribution is 2.29. The summed E-state index contributed by atoms with van der Waals surface area (Å²) in [6, 6.07) is 3.21. The number of nitrogen functional groups attached to an aromatic ring is 1. The first-order valence-electron chi connectivity index (χ1n) is 3.49. The fraction of sp³-hybridized carbons (Fsp3) is 0.125. The van der Waals surface area contributed by atoms with Crippen molar-refractivity contribution in [3.8, 4) is 5.75 Å². The summed E-state index contributed by atoms with van der Waals surface area (Å²) in [5, 5.41) is 0. The van der Waals surface area contributed by atoms with Crippen LogP contribution in [0.15, 0.2) is 16.6 Å². The molecule has 0 saturated heterocycles. The number of ether oxygens (including phenoxy) is 1. The molecule has 0 bridgehead atoms. The molecule has 0 fully saturated rings. The Hall–Kier alpha value is -1.23. The zero-order valence-electron chi connectivity index (χ0n) is 7.00. The van der Waals surface area contributed by atoms with Crippen molar-refractivity contribution >= 4 is 27.5 Å². The molecule has 0 heterocycles. The predicted octanol–water partition coefficient (Wildman–Crippen LogP) is 1.14. The first-order valence-corrected chi connectivity index (χ1v) is 4.28. The lowest BCUT2D eigenvalue weighted by molar-refractivity contribution is 0.0997. The van der Waals surface area contributed by atoms with Crippen molar-refractivity contribution in [1.29, 1.82) is 0 Å². The number of methoxy groups -OCH3 is 1. The van der Waals surface area contributed by atoms with E-state index in [2.05, 4.69) is 15.9 Å². The lowest BCUT2D eigenvalue weighted by atomic mass is 10.1. The average molecular weight is 245 g/mol. The molecular weight excluding hydrogens is 236 g/mol. The van der Waals surface area contributed by atoms with Crippen molar-refractivity contribution in [3.63, 3.8) is 0 Å². The van der Waals surface area contributed by atoms with E-state index >= 15 is 0 Å². The molecule has 5 heteroatoms. The quantitative estimate of drug-likeness (QED) is 0.767. The van der Waals surface area contributed by atoms with Crippen LogP contribution in [0, 0.1) is 0 Å². The normalized spacial score (nSPS) is 9.69. The third-order valence-electron chi connectivity index (χ3n) is 1.55. The molecule has 70 valence electrons. The van der Waals surface area contributed by atoms with E-state index < -0.39 is 5.91 Å². The molecule has 0 aromatic heterocycles. The van der Waals surface area contributed by atoms with Gasteiger partial charge < -0.3 is 16.2 Å².